The second-order valence-electron chi connectivity index (χ2n) is 1.99. The van der Waals surface area contributed by atoms with Crippen LogP contribution in [0.5, 0.6) is 0 Å². The zero-order chi connectivity index (χ0) is 6.69. The number of carbonyl (C=O) groups is 1. The van der Waals surface area contributed by atoms with E-state index in [1.54, 1.807) is 6.08 Å². The third kappa shape index (κ3) is 2.37. The minimum Gasteiger partial charge on any atom is -0.478 e. The van der Waals surface area contributed by atoms with Gasteiger partial charge in [-0.25, -0.2) is 4.79 Å². The highest BCUT2D eigenvalue weighted by Crippen LogP contribution is 2.02. The van der Waals surface area contributed by atoms with E-state index in [1.807, 2.05) is 0 Å². The summed E-state index contributed by atoms with van der Waals surface area (Å²) in [6, 6.07) is 0. The van der Waals surface area contributed by atoms with E-state index < -0.39 is 5.97 Å². The highest BCUT2D eigenvalue weighted by molar-refractivity contribution is 5.86. The molecule has 58 valence electrons. The molecule has 0 radical (unpaired) electrons. The molecule has 0 aromatic heterocycles. The van der Waals surface area contributed by atoms with Crippen molar-refractivity contribution >= 4 is 18.4 Å². The van der Waals surface area contributed by atoms with Gasteiger partial charge in [0.2, 0.25) is 0 Å². The van der Waals surface area contributed by atoms with Crippen molar-refractivity contribution in [1.82, 2.24) is 5.32 Å². The lowest BCUT2D eigenvalue weighted by Crippen LogP contribution is -2.23. The van der Waals surface area contributed by atoms with Crippen LogP contribution < -0.4 is 5.32 Å². The van der Waals surface area contributed by atoms with Crippen LogP contribution in [-0.2, 0) is 4.79 Å². The monoisotopic (exact) mass is 163 g/mol. The minimum atomic E-state index is -0.781. The molecular formula is C6H10ClNO2. The van der Waals surface area contributed by atoms with Crippen molar-refractivity contribution in [2.45, 2.75) is 6.42 Å². The quantitative estimate of drug-likeness (QED) is 0.589. The van der Waals surface area contributed by atoms with Crippen LogP contribution in [-0.4, -0.2) is 24.2 Å². The number of carboxylic acids is 1. The molecule has 0 aliphatic carbocycles. The van der Waals surface area contributed by atoms with E-state index in [4.69, 9.17) is 5.11 Å². The SMILES string of the molecule is Cl.O=C(O)C1=CCNCC1. The van der Waals surface area contributed by atoms with Crippen LogP contribution >= 0.6 is 12.4 Å². The average molecular weight is 164 g/mol. The lowest BCUT2D eigenvalue weighted by molar-refractivity contribution is -0.132. The maximum Gasteiger partial charge on any atom is 0.331 e. The van der Waals surface area contributed by atoms with Gasteiger partial charge in [-0.2, -0.15) is 0 Å². The van der Waals surface area contributed by atoms with E-state index in [9.17, 15) is 4.79 Å². The smallest absolute Gasteiger partial charge is 0.331 e. The van der Waals surface area contributed by atoms with Crippen LogP contribution in [0.3, 0.4) is 0 Å². The summed E-state index contributed by atoms with van der Waals surface area (Å²) in [4.78, 5) is 10.3. The molecule has 0 fully saturated rings. The number of hydrogen-bond donors (Lipinski definition) is 2. The van der Waals surface area contributed by atoms with Gasteiger partial charge in [0.1, 0.15) is 0 Å². The largest absolute Gasteiger partial charge is 0.478 e. The zero-order valence-corrected chi connectivity index (χ0v) is 6.28. The Balaban J connectivity index is 0.000000810. The molecular weight excluding hydrogens is 154 g/mol. The number of hydrogen-bond acceptors (Lipinski definition) is 2. The van der Waals surface area contributed by atoms with E-state index >= 15 is 0 Å². The van der Waals surface area contributed by atoms with Crippen molar-refractivity contribution in [1.29, 1.82) is 0 Å². The van der Waals surface area contributed by atoms with E-state index in [0.717, 1.165) is 6.54 Å². The fourth-order valence-electron chi connectivity index (χ4n) is 0.817. The van der Waals surface area contributed by atoms with Crippen molar-refractivity contribution in [2.24, 2.45) is 0 Å². The normalized spacial score (nSPS) is 17.0. The third-order valence-corrected chi connectivity index (χ3v) is 1.34. The Bertz CT molecular complexity index is 156. The topological polar surface area (TPSA) is 49.3 Å². The first kappa shape index (κ1) is 9.46. The Morgan fingerprint density at radius 2 is 2.40 bits per heavy atom. The summed E-state index contributed by atoms with van der Waals surface area (Å²) < 4.78 is 0. The molecule has 0 aromatic carbocycles. The van der Waals surface area contributed by atoms with Crippen LogP contribution in [0.1, 0.15) is 6.42 Å². The number of aliphatic carboxylic acids is 1. The van der Waals surface area contributed by atoms with Gasteiger partial charge < -0.3 is 10.4 Å². The predicted octanol–water partition coefficient (Wildman–Crippen LogP) is 0.412. The van der Waals surface area contributed by atoms with E-state index in [-0.39, 0.29) is 12.4 Å². The number of rotatable bonds is 1. The van der Waals surface area contributed by atoms with Crippen molar-refractivity contribution in [3.05, 3.63) is 11.6 Å². The van der Waals surface area contributed by atoms with Gasteiger partial charge in [0, 0.05) is 12.1 Å². The number of nitrogens with one attached hydrogen (secondary N) is 1. The Labute approximate surface area is 65.5 Å². The Kier molecular flexibility index (Phi) is 4.07. The molecule has 1 heterocycles. The van der Waals surface area contributed by atoms with Gasteiger partial charge in [-0.1, -0.05) is 6.08 Å². The van der Waals surface area contributed by atoms with Crippen LogP contribution in [0.15, 0.2) is 11.6 Å². The molecule has 0 spiro atoms. The van der Waals surface area contributed by atoms with Crippen LogP contribution in [0, 0.1) is 0 Å². The molecule has 1 rings (SSSR count). The summed E-state index contributed by atoms with van der Waals surface area (Å²) in [5.41, 5.74) is 0.536. The first-order valence-corrected chi connectivity index (χ1v) is 2.94. The van der Waals surface area contributed by atoms with Gasteiger partial charge in [-0.3, -0.25) is 0 Å². The summed E-state index contributed by atoms with van der Waals surface area (Å²) in [6.45, 7) is 1.49. The summed E-state index contributed by atoms with van der Waals surface area (Å²) >= 11 is 0. The molecule has 1 aliphatic rings. The highest BCUT2D eigenvalue weighted by atomic mass is 35.5. The van der Waals surface area contributed by atoms with Crippen molar-refractivity contribution in [2.75, 3.05) is 13.1 Å². The maximum absolute atomic E-state index is 10.3. The highest BCUT2D eigenvalue weighted by Gasteiger charge is 2.08. The van der Waals surface area contributed by atoms with E-state index in [0.29, 0.717) is 18.5 Å². The molecule has 1 aliphatic heterocycles. The zero-order valence-electron chi connectivity index (χ0n) is 5.46. The Morgan fingerprint density at radius 1 is 1.70 bits per heavy atom. The molecule has 0 atom stereocenters. The van der Waals surface area contributed by atoms with Gasteiger partial charge in [0.15, 0.2) is 0 Å². The van der Waals surface area contributed by atoms with Crippen molar-refractivity contribution in [3.63, 3.8) is 0 Å². The number of halogens is 1. The van der Waals surface area contributed by atoms with Crippen molar-refractivity contribution in [3.8, 4) is 0 Å². The molecule has 0 bridgehead atoms. The van der Waals surface area contributed by atoms with Crippen molar-refractivity contribution < 1.29 is 9.90 Å². The van der Waals surface area contributed by atoms with E-state index in [1.165, 1.54) is 0 Å². The lowest BCUT2D eigenvalue weighted by atomic mass is 10.1. The van der Waals surface area contributed by atoms with Gasteiger partial charge in [0.25, 0.3) is 0 Å². The Morgan fingerprint density at radius 3 is 2.70 bits per heavy atom. The van der Waals surface area contributed by atoms with Gasteiger partial charge >= 0.3 is 5.97 Å². The summed E-state index contributed by atoms with van der Waals surface area (Å²) in [5, 5.41) is 11.5. The molecule has 0 amide bonds. The fourth-order valence-corrected chi connectivity index (χ4v) is 0.817. The molecule has 10 heavy (non-hydrogen) atoms. The van der Waals surface area contributed by atoms with E-state index in [2.05, 4.69) is 5.32 Å². The second-order valence-corrected chi connectivity index (χ2v) is 1.99. The average Bonchev–Trinajstić information content (AvgIpc) is 1.90. The molecule has 3 nitrogen and oxygen atoms in total. The predicted molar refractivity (Wildman–Crippen MR) is 40.5 cm³/mol. The first-order valence-electron chi connectivity index (χ1n) is 2.94. The maximum atomic E-state index is 10.3. The summed E-state index contributed by atoms with van der Waals surface area (Å²) in [7, 11) is 0. The van der Waals surface area contributed by atoms with Crippen LogP contribution in [0.2, 0.25) is 0 Å². The van der Waals surface area contributed by atoms with Crippen LogP contribution in [0.4, 0.5) is 0 Å². The molecule has 4 heteroatoms. The summed E-state index contributed by atoms with van der Waals surface area (Å²) in [5.74, 6) is -0.781. The van der Waals surface area contributed by atoms with Gasteiger partial charge in [-0.05, 0) is 13.0 Å². The molecule has 0 aromatic rings. The minimum absolute atomic E-state index is 0. The van der Waals surface area contributed by atoms with Crippen LogP contribution in [0.25, 0.3) is 0 Å². The lowest BCUT2D eigenvalue weighted by Gasteiger charge is -2.08. The number of carboxylic acid groups (broad SMARTS) is 1. The molecule has 0 saturated carbocycles. The third-order valence-electron chi connectivity index (χ3n) is 1.34. The van der Waals surface area contributed by atoms with Gasteiger partial charge in [-0.15, -0.1) is 12.4 Å². The Hall–Kier alpha value is -0.540. The molecule has 0 saturated heterocycles. The summed E-state index contributed by atoms with van der Waals surface area (Å²) in [6.07, 6.45) is 2.36. The molecule has 2 N–H and O–H groups in total. The second kappa shape index (κ2) is 4.30. The van der Waals surface area contributed by atoms with Gasteiger partial charge in [0.05, 0.1) is 0 Å². The molecule has 0 unspecified atom stereocenters. The fraction of sp³-hybridized carbons (Fsp3) is 0.500. The standard InChI is InChI=1S/C6H9NO2.ClH/c8-6(9)5-1-3-7-4-2-5;/h1,7H,2-4H2,(H,8,9);1H. The first-order chi connectivity index (χ1) is 4.30.